The van der Waals surface area contributed by atoms with Crippen molar-refractivity contribution in [2.75, 3.05) is 11.5 Å². The normalized spacial score (nSPS) is 15.5. The third-order valence-electron chi connectivity index (χ3n) is 3.77. The number of halogens is 1. The molecule has 0 aliphatic carbocycles. The van der Waals surface area contributed by atoms with Gasteiger partial charge in [-0.3, -0.25) is 19.7 Å². The summed E-state index contributed by atoms with van der Waals surface area (Å²) in [6, 6.07) is 10.3. The molecule has 8 nitrogen and oxygen atoms in total. The maximum Gasteiger partial charge on any atom is 0.336 e. The van der Waals surface area contributed by atoms with Gasteiger partial charge in [-0.1, -0.05) is 24.3 Å². The van der Waals surface area contributed by atoms with Crippen LogP contribution in [-0.4, -0.2) is 30.4 Å². The van der Waals surface area contributed by atoms with E-state index in [1.54, 1.807) is 0 Å². The van der Waals surface area contributed by atoms with Gasteiger partial charge >= 0.3 is 6.03 Å². The van der Waals surface area contributed by atoms with Crippen molar-refractivity contribution in [3.8, 4) is 5.75 Å². The molecule has 1 aliphatic heterocycles. The van der Waals surface area contributed by atoms with E-state index in [-0.39, 0.29) is 17.9 Å². The zero-order chi connectivity index (χ0) is 20.3. The van der Waals surface area contributed by atoms with Crippen molar-refractivity contribution in [3.63, 3.8) is 0 Å². The van der Waals surface area contributed by atoms with Crippen LogP contribution >= 0.6 is 0 Å². The van der Waals surface area contributed by atoms with Gasteiger partial charge < -0.3 is 10.5 Å². The zero-order valence-electron chi connectivity index (χ0n) is 14.3. The van der Waals surface area contributed by atoms with Crippen molar-refractivity contribution >= 4 is 35.5 Å². The molecule has 0 bridgehead atoms. The number of para-hydroxylation sites is 1. The summed E-state index contributed by atoms with van der Waals surface area (Å²) < 4.78 is 19.1. The van der Waals surface area contributed by atoms with Gasteiger partial charge in [-0.15, -0.1) is 0 Å². The second-order valence-corrected chi connectivity index (χ2v) is 5.73. The third-order valence-corrected chi connectivity index (χ3v) is 3.77. The number of nitrogens with two attached hydrogens (primary N) is 1. The number of benzene rings is 2. The first-order valence-electron chi connectivity index (χ1n) is 8.04. The lowest BCUT2D eigenvalue weighted by Crippen LogP contribution is -2.54. The molecule has 0 atom stereocenters. The van der Waals surface area contributed by atoms with Crippen LogP contribution in [0.25, 0.3) is 6.08 Å². The van der Waals surface area contributed by atoms with Gasteiger partial charge in [0, 0.05) is 0 Å². The molecule has 3 rings (SSSR count). The highest BCUT2D eigenvalue weighted by Crippen LogP contribution is 2.24. The summed E-state index contributed by atoms with van der Waals surface area (Å²) in [7, 11) is 0. The molecule has 9 heteroatoms. The quantitative estimate of drug-likeness (QED) is 0.597. The number of carbonyl (C=O) groups excluding carboxylic acids is 4. The van der Waals surface area contributed by atoms with Gasteiger partial charge in [-0.2, -0.15) is 0 Å². The molecular weight excluding hydrogens is 369 g/mol. The highest BCUT2D eigenvalue weighted by atomic mass is 19.1. The van der Waals surface area contributed by atoms with E-state index in [4.69, 9.17) is 10.5 Å². The van der Waals surface area contributed by atoms with Crippen LogP contribution in [0.3, 0.4) is 0 Å². The number of nitrogens with one attached hydrogen (secondary N) is 1. The van der Waals surface area contributed by atoms with Crippen molar-refractivity contribution in [1.29, 1.82) is 0 Å². The summed E-state index contributed by atoms with van der Waals surface area (Å²) in [6.45, 7) is -0.291. The first kappa shape index (κ1) is 18.8. The van der Waals surface area contributed by atoms with Crippen molar-refractivity contribution in [2.24, 2.45) is 5.73 Å². The fourth-order valence-corrected chi connectivity index (χ4v) is 2.49. The summed E-state index contributed by atoms with van der Waals surface area (Å²) in [5.74, 6) is -2.89. The number of carbonyl (C=O) groups is 4. The Balaban J connectivity index is 1.89. The fourth-order valence-electron chi connectivity index (χ4n) is 2.49. The smallest absolute Gasteiger partial charge is 0.336 e. The Morgan fingerprint density at radius 1 is 1.11 bits per heavy atom. The number of rotatable bonds is 5. The molecule has 3 N–H and O–H groups in total. The molecule has 1 fully saturated rings. The molecule has 5 amide bonds. The van der Waals surface area contributed by atoms with E-state index < -0.39 is 29.6 Å². The van der Waals surface area contributed by atoms with Crippen molar-refractivity contribution in [2.45, 2.75) is 0 Å². The molecule has 1 saturated heterocycles. The molecule has 0 radical (unpaired) electrons. The topological polar surface area (TPSA) is 119 Å². The Labute approximate surface area is 158 Å². The minimum atomic E-state index is -1.03. The van der Waals surface area contributed by atoms with Crippen molar-refractivity contribution in [1.82, 2.24) is 5.32 Å². The highest BCUT2D eigenvalue weighted by Gasteiger charge is 2.37. The number of imide groups is 2. The van der Waals surface area contributed by atoms with Gasteiger partial charge in [0.15, 0.2) is 6.61 Å². The van der Waals surface area contributed by atoms with Gasteiger partial charge in [0.2, 0.25) is 0 Å². The van der Waals surface area contributed by atoms with Gasteiger partial charge in [0.05, 0.1) is 5.69 Å². The third kappa shape index (κ3) is 3.88. The number of ether oxygens (including phenoxy) is 1. The van der Waals surface area contributed by atoms with E-state index >= 15 is 0 Å². The number of anilines is 1. The van der Waals surface area contributed by atoms with Crippen LogP contribution in [0.5, 0.6) is 5.75 Å². The van der Waals surface area contributed by atoms with Crippen LogP contribution in [0, 0.1) is 5.82 Å². The lowest BCUT2D eigenvalue weighted by molar-refractivity contribution is -0.123. The molecule has 0 saturated carbocycles. The largest absolute Gasteiger partial charge is 0.484 e. The van der Waals surface area contributed by atoms with E-state index in [9.17, 15) is 23.6 Å². The van der Waals surface area contributed by atoms with E-state index in [1.807, 2.05) is 5.32 Å². The molecule has 142 valence electrons. The molecule has 28 heavy (non-hydrogen) atoms. The SMILES string of the molecule is NC(=O)COc1ccc(/C=C2\C(=O)NC(=O)N(c3ccccc3F)C2=O)cc1. The Bertz CT molecular complexity index is 1000. The van der Waals surface area contributed by atoms with Gasteiger partial charge in [0.1, 0.15) is 17.1 Å². The molecule has 0 spiro atoms. The number of urea groups is 1. The van der Waals surface area contributed by atoms with Crippen molar-refractivity contribution in [3.05, 3.63) is 65.5 Å². The van der Waals surface area contributed by atoms with Crippen LogP contribution < -0.4 is 20.7 Å². The first-order chi connectivity index (χ1) is 13.4. The number of hydrogen-bond donors (Lipinski definition) is 2. The van der Waals surface area contributed by atoms with E-state index in [2.05, 4.69) is 0 Å². The van der Waals surface area contributed by atoms with Crippen LogP contribution in [-0.2, 0) is 14.4 Å². The molecule has 1 aliphatic rings. The van der Waals surface area contributed by atoms with E-state index in [0.29, 0.717) is 16.2 Å². The fraction of sp³-hybridized carbons (Fsp3) is 0.0526. The number of hydrogen-bond acceptors (Lipinski definition) is 5. The summed E-state index contributed by atoms with van der Waals surface area (Å²) in [4.78, 5) is 48.1. The van der Waals surface area contributed by atoms with Gasteiger partial charge in [-0.05, 0) is 35.9 Å². The minimum absolute atomic E-state index is 0.265. The van der Waals surface area contributed by atoms with Gasteiger partial charge in [0.25, 0.3) is 17.7 Å². The maximum atomic E-state index is 14.0. The molecule has 0 unspecified atom stereocenters. The molecular formula is C19H14FN3O5. The summed E-state index contributed by atoms with van der Waals surface area (Å²) in [5.41, 5.74) is 4.84. The Kier molecular flexibility index (Phi) is 5.16. The number of barbiturate groups is 1. The molecule has 1 heterocycles. The summed E-state index contributed by atoms with van der Waals surface area (Å²) >= 11 is 0. The highest BCUT2D eigenvalue weighted by molar-refractivity contribution is 6.39. The molecule has 2 aromatic carbocycles. The summed E-state index contributed by atoms with van der Waals surface area (Å²) in [6.07, 6.45) is 1.26. The second kappa shape index (κ2) is 7.70. The van der Waals surface area contributed by atoms with E-state index in [0.717, 1.165) is 6.07 Å². The lowest BCUT2D eigenvalue weighted by Gasteiger charge is -2.26. The molecule has 2 aromatic rings. The Hall–Kier alpha value is -4.01. The van der Waals surface area contributed by atoms with Gasteiger partial charge in [-0.25, -0.2) is 14.1 Å². The van der Waals surface area contributed by atoms with E-state index in [1.165, 1.54) is 48.5 Å². The molecule has 0 aromatic heterocycles. The van der Waals surface area contributed by atoms with Crippen molar-refractivity contribution < 1.29 is 28.3 Å². The summed E-state index contributed by atoms with van der Waals surface area (Å²) in [5, 5.41) is 2.02. The average Bonchev–Trinajstić information content (AvgIpc) is 2.65. The monoisotopic (exact) mass is 383 g/mol. The maximum absolute atomic E-state index is 14.0. The number of primary amides is 1. The minimum Gasteiger partial charge on any atom is -0.484 e. The Morgan fingerprint density at radius 3 is 2.43 bits per heavy atom. The predicted molar refractivity (Wildman–Crippen MR) is 96.5 cm³/mol. The van der Waals surface area contributed by atoms with Crippen LogP contribution in [0.2, 0.25) is 0 Å². The first-order valence-corrected chi connectivity index (χ1v) is 8.04. The second-order valence-electron chi connectivity index (χ2n) is 5.73. The number of nitrogens with zero attached hydrogens (tertiary/aromatic N) is 1. The zero-order valence-corrected chi connectivity index (χ0v) is 14.3. The Morgan fingerprint density at radius 2 is 1.79 bits per heavy atom. The van der Waals surface area contributed by atoms with Crippen LogP contribution in [0.4, 0.5) is 14.9 Å². The average molecular weight is 383 g/mol. The lowest BCUT2D eigenvalue weighted by atomic mass is 10.1. The standard InChI is InChI=1S/C19H14FN3O5/c20-14-3-1-2-4-15(14)23-18(26)13(17(25)22-19(23)27)9-11-5-7-12(8-6-11)28-10-16(21)24/h1-9H,10H2,(H2,21,24)(H,22,25,27)/b13-9+. The van der Waals surface area contributed by atoms with Crippen LogP contribution in [0.1, 0.15) is 5.56 Å². The number of amides is 5. The van der Waals surface area contributed by atoms with Crippen LogP contribution in [0.15, 0.2) is 54.1 Å². The predicted octanol–water partition coefficient (Wildman–Crippen LogP) is 1.36.